The van der Waals surface area contributed by atoms with E-state index < -0.39 is 0 Å². The number of Topliss-reactive ketones (excluding diaryl/α,β-unsaturated/α-hetero) is 1. The summed E-state index contributed by atoms with van der Waals surface area (Å²) in [6.45, 7) is 6.19. The van der Waals surface area contributed by atoms with Gasteiger partial charge in [0.1, 0.15) is 0 Å². The Bertz CT molecular complexity index is 879. The van der Waals surface area contributed by atoms with Gasteiger partial charge in [0.05, 0.1) is 11.3 Å². The molecule has 2 aliphatic rings. The maximum Gasteiger partial charge on any atom is 0.233 e. The number of hydrogen-bond donors (Lipinski definition) is 1. The number of aryl methyl sites for hydroxylation is 1. The summed E-state index contributed by atoms with van der Waals surface area (Å²) in [5.74, 6) is 0.760. The van der Waals surface area contributed by atoms with Crippen LogP contribution in [0.25, 0.3) is 0 Å². The second-order valence-corrected chi connectivity index (χ2v) is 8.37. The zero-order valence-corrected chi connectivity index (χ0v) is 15.5. The summed E-state index contributed by atoms with van der Waals surface area (Å²) >= 11 is 3.54. The van der Waals surface area contributed by atoms with Crippen LogP contribution in [0, 0.1) is 12.3 Å². The molecular formula is C19H19BrN2O2. The Hall–Kier alpha value is -1.88. The molecular weight excluding hydrogens is 368 g/mol. The molecule has 0 bridgehead atoms. The van der Waals surface area contributed by atoms with E-state index in [1.54, 1.807) is 0 Å². The molecule has 2 heterocycles. The van der Waals surface area contributed by atoms with Crippen LogP contribution in [0.1, 0.15) is 49.4 Å². The number of halogens is 1. The van der Waals surface area contributed by atoms with Gasteiger partial charge >= 0.3 is 0 Å². The summed E-state index contributed by atoms with van der Waals surface area (Å²) in [7, 11) is 0. The highest BCUT2D eigenvalue weighted by atomic mass is 79.9. The number of anilines is 1. The fraction of sp³-hybridized carbons (Fsp3) is 0.368. The summed E-state index contributed by atoms with van der Waals surface area (Å²) < 4.78 is 6.50. The minimum Gasteiger partial charge on any atom is -0.338 e. The average molecular weight is 387 g/mol. The summed E-state index contributed by atoms with van der Waals surface area (Å²) in [4.78, 5) is 13.0. The molecule has 4 rings (SSSR count). The van der Waals surface area contributed by atoms with Crippen LogP contribution in [0.15, 0.2) is 44.5 Å². The summed E-state index contributed by atoms with van der Waals surface area (Å²) in [5.41, 5.74) is 4.68. The number of rotatable bonds is 1. The van der Waals surface area contributed by atoms with Crippen LogP contribution in [0.3, 0.4) is 0 Å². The van der Waals surface area contributed by atoms with E-state index >= 15 is 0 Å². The number of fused-ring (bicyclic) bond motifs is 1. The highest BCUT2D eigenvalue weighted by Crippen LogP contribution is 2.50. The van der Waals surface area contributed by atoms with E-state index in [4.69, 9.17) is 4.52 Å². The number of carbonyl (C=O) groups excluding carboxylic acids is 1. The van der Waals surface area contributed by atoms with E-state index in [0.717, 1.165) is 39.0 Å². The number of benzene rings is 1. The van der Waals surface area contributed by atoms with Gasteiger partial charge in [-0.05, 0) is 36.5 Å². The first-order chi connectivity index (χ1) is 11.4. The van der Waals surface area contributed by atoms with Crippen molar-refractivity contribution in [3.63, 3.8) is 0 Å². The van der Waals surface area contributed by atoms with Gasteiger partial charge in [0.2, 0.25) is 5.88 Å². The molecule has 0 fully saturated rings. The molecule has 2 aromatic rings. The van der Waals surface area contributed by atoms with Crippen LogP contribution >= 0.6 is 15.9 Å². The van der Waals surface area contributed by atoms with E-state index in [1.165, 1.54) is 0 Å². The summed E-state index contributed by atoms with van der Waals surface area (Å²) in [6, 6.07) is 8.13. The monoisotopic (exact) mass is 386 g/mol. The lowest BCUT2D eigenvalue weighted by Crippen LogP contribution is -2.33. The third-order valence-corrected chi connectivity index (χ3v) is 5.35. The average Bonchev–Trinajstić information content (AvgIpc) is 2.85. The molecule has 0 saturated carbocycles. The first kappa shape index (κ1) is 15.6. The first-order valence-electron chi connectivity index (χ1n) is 8.11. The molecule has 1 N–H and O–H groups in total. The Kier molecular flexibility index (Phi) is 3.46. The van der Waals surface area contributed by atoms with Crippen LogP contribution in [0.5, 0.6) is 0 Å². The molecule has 4 nitrogen and oxygen atoms in total. The lowest BCUT2D eigenvalue weighted by molar-refractivity contribution is -0.118. The normalized spacial score (nSPS) is 22.0. The number of hydrogen-bond acceptors (Lipinski definition) is 4. The third-order valence-electron chi connectivity index (χ3n) is 4.85. The van der Waals surface area contributed by atoms with Crippen molar-refractivity contribution in [2.45, 2.75) is 39.5 Å². The lowest BCUT2D eigenvalue weighted by atomic mass is 9.69. The standard InChI is InChI=1S/C19H19BrN2O2/c1-10-15-16(11-5-4-6-12(20)7-11)17-13(21-18(15)24-22-10)8-19(2,3)9-14(17)23/h4-7,16,21H,8-9H2,1-3H3/t16-/m0/s1. The van der Waals surface area contributed by atoms with E-state index in [-0.39, 0.29) is 17.1 Å². The number of allylic oxidation sites excluding steroid dienone is 2. The fourth-order valence-electron chi connectivity index (χ4n) is 3.89. The van der Waals surface area contributed by atoms with Gasteiger partial charge < -0.3 is 9.84 Å². The Morgan fingerprint density at radius 1 is 1.33 bits per heavy atom. The number of aromatic nitrogens is 1. The zero-order chi connectivity index (χ0) is 17.1. The SMILES string of the molecule is Cc1noc2c1[C@H](c1cccc(Br)c1)C1=C(CC(C)(C)CC1=O)N2. The number of carbonyl (C=O) groups is 1. The van der Waals surface area contributed by atoms with E-state index in [1.807, 2.05) is 19.1 Å². The van der Waals surface area contributed by atoms with Gasteiger partial charge in [-0.15, -0.1) is 0 Å². The van der Waals surface area contributed by atoms with Gasteiger partial charge in [-0.1, -0.05) is 47.1 Å². The summed E-state index contributed by atoms with van der Waals surface area (Å²) in [6.07, 6.45) is 1.40. The van der Waals surface area contributed by atoms with E-state index in [2.05, 4.69) is 52.4 Å². The number of nitrogens with one attached hydrogen (secondary N) is 1. The Labute approximate surface area is 149 Å². The zero-order valence-electron chi connectivity index (χ0n) is 13.9. The lowest BCUT2D eigenvalue weighted by Gasteiger charge is -2.37. The van der Waals surface area contributed by atoms with Crippen LogP contribution in [-0.2, 0) is 4.79 Å². The van der Waals surface area contributed by atoms with Gasteiger partial charge in [-0.25, -0.2) is 0 Å². The molecule has 124 valence electrons. The van der Waals surface area contributed by atoms with Crippen LogP contribution in [0.2, 0.25) is 0 Å². The first-order valence-corrected chi connectivity index (χ1v) is 8.90. The van der Waals surface area contributed by atoms with Crippen LogP contribution < -0.4 is 5.32 Å². The van der Waals surface area contributed by atoms with Gasteiger partial charge in [-0.3, -0.25) is 4.79 Å². The van der Waals surface area contributed by atoms with Crippen LogP contribution in [0.4, 0.5) is 5.88 Å². The number of nitrogens with zero attached hydrogens (tertiary/aromatic N) is 1. The van der Waals surface area contributed by atoms with E-state index in [9.17, 15) is 4.79 Å². The minimum atomic E-state index is -0.122. The molecule has 24 heavy (non-hydrogen) atoms. The van der Waals surface area contributed by atoms with Crippen molar-refractivity contribution in [3.8, 4) is 0 Å². The van der Waals surface area contributed by atoms with Crippen LogP contribution in [-0.4, -0.2) is 10.9 Å². The predicted octanol–water partition coefficient (Wildman–Crippen LogP) is 4.95. The third kappa shape index (κ3) is 2.42. The number of ketones is 1. The predicted molar refractivity (Wildman–Crippen MR) is 95.9 cm³/mol. The molecule has 1 aliphatic heterocycles. The molecule has 0 saturated heterocycles. The molecule has 1 aromatic heterocycles. The second-order valence-electron chi connectivity index (χ2n) is 7.46. The molecule has 0 amide bonds. The van der Waals surface area contributed by atoms with Gasteiger partial charge in [0.25, 0.3) is 0 Å². The molecule has 5 heteroatoms. The minimum absolute atomic E-state index is 0.0443. The summed E-state index contributed by atoms with van der Waals surface area (Å²) in [5, 5.41) is 7.47. The van der Waals surface area contributed by atoms with Crippen molar-refractivity contribution < 1.29 is 9.32 Å². The fourth-order valence-corrected chi connectivity index (χ4v) is 4.31. The van der Waals surface area contributed by atoms with Crippen molar-refractivity contribution in [2.24, 2.45) is 5.41 Å². The highest BCUT2D eigenvalue weighted by Gasteiger charge is 2.42. The van der Waals surface area contributed by atoms with Crippen molar-refractivity contribution >= 4 is 27.6 Å². The Morgan fingerprint density at radius 2 is 2.12 bits per heavy atom. The Balaban J connectivity index is 1.95. The van der Waals surface area contributed by atoms with Gasteiger partial charge in [0, 0.05) is 28.1 Å². The van der Waals surface area contributed by atoms with Crippen molar-refractivity contribution in [2.75, 3.05) is 5.32 Å². The quantitative estimate of drug-likeness (QED) is 0.753. The molecule has 0 radical (unpaired) electrons. The molecule has 1 aromatic carbocycles. The molecule has 1 atom stereocenters. The smallest absolute Gasteiger partial charge is 0.233 e. The topological polar surface area (TPSA) is 55.1 Å². The van der Waals surface area contributed by atoms with Gasteiger partial charge in [-0.2, -0.15) is 0 Å². The molecule has 1 aliphatic carbocycles. The van der Waals surface area contributed by atoms with Crippen molar-refractivity contribution in [1.29, 1.82) is 0 Å². The largest absolute Gasteiger partial charge is 0.338 e. The maximum absolute atomic E-state index is 13.0. The molecule has 0 unspecified atom stereocenters. The van der Waals surface area contributed by atoms with Gasteiger partial charge in [0.15, 0.2) is 5.78 Å². The van der Waals surface area contributed by atoms with Crippen molar-refractivity contribution in [1.82, 2.24) is 5.16 Å². The second kappa shape index (κ2) is 5.31. The highest BCUT2D eigenvalue weighted by molar-refractivity contribution is 9.10. The van der Waals surface area contributed by atoms with E-state index in [0.29, 0.717) is 12.3 Å². The maximum atomic E-state index is 13.0. The Morgan fingerprint density at radius 3 is 2.88 bits per heavy atom. The van der Waals surface area contributed by atoms with Crippen molar-refractivity contribution in [3.05, 3.63) is 56.8 Å². The molecule has 0 spiro atoms.